The maximum atomic E-state index is 15.4. The summed E-state index contributed by atoms with van der Waals surface area (Å²) in [7, 11) is 1.80. The predicted octanol–water partition coefficient (Wildman–Crippen LogP) is 2.89. The summed E-state index contributed by atoms with van der Waals surface area (Å²) >= 11 is 0. The van der Waals surface area contributed by atoms with Crippen molar-refractivity contribution >= 4 is 5.82 Å². The van der Waals surface area contributed by atoms with E-state index in [1.807, 2.05) is 6.92 Å². The Kier molecular flexibility index (Phi) is 5.40. The van der Waals surface area contributed by atoms with Crippen LogP contribution in [0.15, 0.2) is 30.6 Å². The Bertz CT molecular complexity index is 1260. The van der Waals surface area contributed by atoms with Crippen molar-refractivity contribution in [3.8, 4) is 28.9 Å². The molecule has 2 saturated heterocycles. The third-order valence-electron chi connectivity index (χ3n) is 6.93. The molecule has 4 heterocycles. The molecule has 1 aromatic carbocycles. The summed E-state index contributed by atoms with van der Waals surface area (Å²) in [6.07, 6.45) is 5.07. The van der Waals surface area contributed by atoms with Crippen LogP contribution in [0.5, 0.6) is 5.75 Å². The highest BCUT2D eigenvalue weighted by atomic mass is 19.1. The van der Waals surface area contributed by atoms with Crippen molar-refractivity contribution in [1.29, 1.82) is 5.26 Å². The second-order valence-corrected chi connectivity index (χ2v) is 9.19. The summed E-state index contributed by atoms with van der Waals surface area (Å²) in [5.74, 6) is -0.262. The van der Waals surface area contributed by atoms with Crippen LogP contribution in [0, 0.1) is 17.1 Å². The van der Waals surface area contributed by atoms with Crippen LogP contribution in [-0.4, -0.2) is 60.9 Å². The number of rotatable bonds is 4. The van der Waals surface area contributed by atoms with Gasteiger partial charge in [0, 0.05) is 24.7 Å². The van der Waals surface area contributed by atoms with Gasteiger partial charge < -0.3 is 15.3 Å². The molecule has 0 saturated carbocycles. The lowest BCUT2D eigenvalue weighted by Gasteiger charge is -2.52. The molecule has 2 aromatic heterocycles. The first-order valence-electron chi connectivity index (χ1n) is 11.1. The lowest BCUT2D eigenvalue weighted by Crippen LogP contribution is -2.68. The lowest BCUT2D eigenvalue weighted by atomic mass is 9.73. The SMILES string of the molecule is CN(c1cnc(-c2ccc(-n3cc(F)c(C#N)n3)cc2O)nn1)[C@H]1C[C@@H]2CCC[C@@](C)(N2)[C@H]1F. The Labute approximate surface area is 195 Å². The molecule has 11 heteroatoms. The maximum absolute atomic E-state index is 15.4. The largest absolute Gasteiger partial charge is 0.507 e. The van der Waals surface area contributed by atoms with Gasteiger partial charge in [-0.25, -0.2) is 18.4 Å². The van der Waals surface area contributed by atoms with E-state index in [0.29, 0.717) is 23.5 Å². The van der Waals surface area contributed by atoms with Gasteiger partial charge in [0.1, 0.15) is 18.0 Å². The van der Waals surface area contributed by atoms with Crippen molar-refractivity contribution in [2.45, 2.75) is 56.4 Å². The summed E-state index contributed by atoms with van der Waals surface area (Å²) in [5, 5.41) is 35.1. The molecular weight excluding hydrogens is 442 g/mol. The van der Waals surface area contributed by atoms with E-state index in [2.05, 4.69) is 25.6 Å². The van der Waals surface area contributed by atoms with Crippen LogP contribution in [0.4, 0.5) is 14.6 Å². The van der Waals surface area contributed by atoms with E-state index >= 15 is 4.39 Å². The van der Waals surface area contributed by atoms with Crippen LogP contribution in [0.3, 0.4) is 0 Å². The van der Waals surface area contributed by atoms with Gasteiger partial charge in [-0.15, -0.1) is 10.2 Å². The summed E-state index contributed by atoms with van der Waals surface area (Å²) in [4.78, 5) is 6.13. The molecule has 4 atom stereocenters. The normalized spacial score (nSPS) is 26.1. The molecule has 5 rings (SSSR count). The maximum Gasteiger partial charge on any atom is 0.198 e. The Morgan fingerprint density at radius 3 is 2.85 bits per heavy atom. The van der Waals surface area contributed by atoms with Gasteiger partial charge in [0.05, 0.1) is 29.7 Å². The zero-order valence-corrected chi connectivity index (χ0v) is 18.8. The molecule has 9 nitrogen and oxygen atoms in total. The minimum absolute atomic E-state index is 0.155. The number of nitrogens with one attached hydrogen (secondary N) is 1. The molecule has 2 aliphatic rings. The number of phenols is 1. The van der Waals surface area contributed by atoms with E-state index in [9.17, 15) is 9.50 Å². The van der Waals surface area contributed by atoms with E-state index in [-0.39, 0.29) is 29.4 Å². The molecule has 176 valence electrons. The molecule has 0 unspecified atom stereocenters. The zero-order valence-electron chi connectivity index (χ0n) is 18.8. The van der Waals surface area contributed by atoms with Gasteiger partial charge in [0.15, 0.2) is 23.2 Å². The monoisotopic (exact) mass is 466 g/mol. The second kappa shape index (κ2) is 8.29. The molecule has 2 N–H and O–H groups in total. The van der Waals surface area contributed by atoms with Gasteiger partial charge in [-0.3, -0.25) is 0 Å². The summed E-state index contributed by atoms with van der Waals surface area (Å²) in [5.41, 5.74) is -0.187. The Morgan fingerprint density at radius 2 is 2.18 bits per heavy atom. The fraction of sp³-hybridized carbons (Fsp3) is 0.435. The molecular formula is C23H24F2N8O. The molecule has 3 aromatic rings. The van der Waals surface area contributed by atoms with E-state index in [0.717, 1.165) is 30.1 Å². The predicted molar refractivity (Wildman–Crippen MR) is 120 cm³/mol. The number of piperidine rings is 2. The number of nitrogens with zero attached hydrogens (tertiary/aromatic N) is 7. The average molecular weight is 466 g/mol. The Balaban J connectivity index is 1.36. The van der Waals surface area contributed by atoms with Crippen molar-refractivity contribution in [2.75, 3.05) is 11.9 Å². The highest BCUT2D eigenvalue weighted by Crippen LogP contribution is 2.38. The first kappa shape index (κ1) is 22.2. The van der Waals surface area contributed by atoms with Gasteiger partial charge in [-0.05, 0) is 44.7 Å². The van der Waals surface area contributed by atoms with Gasteiger partial charge in [-0.2, -0.15) is 10.4 Å². The van der Waals surface area contributed by atoms with E-state index in [4.69, 9.17) is 5.26 Å². The number of hydrogen-bond donors (Lipinski definition) is 2. The van der Waals surface area contributed by atoms with Crippen molar-refractivity contribution < 1.29 is 13.9 Å². The number of aromatic nitrogens is 5. The Hall–Kier alpha value is -3.65. The molecule has 2 bridgehead atoms. The summed E-state index contributed by atoms with van der Waals surface area (Å²) in [6.45, 7) is 1.95. The number of hydrogen-bond acceptors (Lipinski definition) is 8. The van der Waals surface area contributed by atoms with Crippen LogP contribution >= 0.6 is 0 Å². The van der Waals surface area contributed by atoms with Crippen LogP contribution in [0.1, 0.15) is 38.3 Å². The fourth-order valence-electron chi connectivity index (χ4n) is 5.05. The molecule has 0 spiro atoms. The number of alkyl halides is 1. The van der Waals surface area contributed by atoms with Crippen molar-refractivity contribution in [3.05, 3.63) is 42.1 Å². The smallest absolute Gasteiger partial charge is 0.198 e. The highest BCUT2D eigenvalue weighted by molar-refractivity contribution is 5.66. The fourth-order valence-corrected chi connectivity index (χ4v) is 5.05. The van der Waals surface area contributed by atoms with Gasteiger partial charge in [0.2, 0.25) is 0 Å². The number of anilines is 1. The summed E-state index contributed by atoms with van der Waals surface area (Å²) < 4.78 is 30.2. The summed E-state index contributed by atoms with van der Waals surface area (Å²) in [6, 6.07) is 6.13. The first-order valence-corrected chi connectivity index (χ1v) is 11.1. The second-order valence-electron chi connectivity index (χ2n) is 9.19. The third-order valence-corrected chi connectivity index (χ3v) is 6.93. The van der Waals surface area contributed by atoms with Gasteiger partial charge in [-0.1, -0.05) is 0 Å². The molecule has 2 fully saturated rings. The third kappa shape index (κ3) is 3.74. The van der Waals surface area contributed by atoms with Crippen molar-refractivity contribution in [2.24, 2.45) is 0 Å². The average Bonchev–Trinajstić information content (AvgIpc) is 3.22. The first-order chi connectivity index (χ1) is 16.3. The number of benzene rings is 1. The highest BCUT2D eigenvalue weighted by Gasteiger charge is 2.49. The van der Waals surface area contributed by atoms with Gasteiger partial charge in [0.25, 0.3) is 0 Å². The van der Waals surface area contributed by atoms with Crippen LogP contribution in [-0.2, 0) is 0 Å². The van der Waals surface area contributed by atoms with E-state index in [1.54, 1.807) is 30.1 Å². The van der Waals surface area contributed by atoms with Crippen molar-refractivity contribution in [3.63, 3.8) is 0 Å². The molecule has 0 aliphatic carbocycles. The topological polar surface area (TPSA) is 116 Å². The quantitative estimate of drug-likeness (QED) is 0.603. The molecule has 0 amide bonds. The minimum atomic E-state index is -1.05. The van der Waals surface area contributed by atoms with Crippen LogP contribution in [0.25, 0.3) is 17.1 Å². The molecule has 0 radical (unpaired) electrons. The van der Waals surface area contributed by atoms with Crippen LogP contribution in [0.2, 0.25) is 0 Å². The number of nitriles is 1. The Morgan fingerprint density at radius 1 is 1.35 bits per heavy atom. The molecule has 34 heavy (non-hydrogen) atoms. The standard InChI is InChI=1S/C23H24F2N8O/c1-23-7-3-4-13(28-23)8-18(21(23)25)32(2)20-11-27-22(30-29-20)15-6-5-14(9-19(15)34)33-12-16(24)17(10-26)31-33/h5-6,9,11-13,18,21,28,34H,3-4,7-8H2,1-2H3/t13-,18-,21-,23+/m0/s1. The van der Waals surface area contributed by atoms with Gasteiger partial charge >= 0.3 is 0 Å². The zero-order chi connectivity index (χ0) is 24.0. The van der Waals surface area contributed by atoms with E-state index in [1.165, 1.54) is 12.3 Å². The number of aromatic hydroxyl groups is 1. The van der Waals surface area contributed by atoms with Crippen molar-refractivity contribution in [1.82, 2.24) is 30.3 Å². The van der Waals surface area contributed by atoms with Crippen LogP contribution < -0.4 is 10.2 Å². The molecule has 2 aliphatic heterocycles. The van der Waals surface area contributed by atoms with E-state index < -0.39 is 17.5 Å². The number of halogens is 2. The number of phenolic OH excluding ortho intramolecular Hbond substituents is 1. The minimum Gasteiger partial charge on any atom is -0.507 e. The number of fused-ring (bicyclic) bond motifs is 2. The lowest BCUT2D eigenvalue weighted by molar-refractivity contribution is 0.0405.